The minimum atomic E-state index is -1.35. The van der Waals surface area contributed by atoms with Crippen molar-refractivity contribution in [1.29, 1.82) is 0 Å². The second-order valence-electron chi connectivity index (χ2n) is 5.54. The van der Waals surface area contributed by atoms with Gasteiger partial charge in [0.25, 0.3) is 0 Å². The van der Waals surface area contributed by atoms with Gasteiger partial charge >= 0.3 is 0 Å². The largest absolute Gasteiger partial charge is 0.382 e. The zero-order valence-electron chi connectivity index (χ0n) is 12.4. The molecule has 0 saturated heterocycles. The zero-order chi connectivity index (χ0) is 14.6. The van der Waals surface area contributed by atoms with Crippen LogP contribution in [0.15, 0.2) is 18.2 Å². The molecule has 0 atom stereocenters. The summed E-state index contributed by atoms with van der Waals surface area (Å²) >= 11 is 0. The smallest absolute Gasteiger partial charge is 0.193 e. The van der Waals surface area contributed by atoms with Crippen molar-refractivity contribution in [2.24, 2.45) is 0 Å². The predicted molar refractivity (Wildman–Crippen MR) is 75.2 cm³/mol. The van der Waals surface area contributed by atoms with Crippen LogP contribution in [0.3, 0.4) is 0 Å². The second kappa shape index (κ2) is 6.28. The van der Waals surface area contributed by atoms with E-state index in [0.717, 1.165) is 17.7 Å². The van der Waals surface area contributed by atoms with E-state index in [-0.39, 0.29) is 5.78 Å². The molecule has 0 aliphatic carbocycles. The number of methoxy groups -OCH3 is 1. The Balaban J connectivity index is 3.12. The fourth-order valence-electron chi connectivity index (χ4n) is 1.91. The van der Waals surface area contributed by atoms with E-state index in [1.165, 1.54) is 13.8 Å². The van der Waals surface area contributed by atoms with Crippen molar-refractivity contribution in [2.45, 2.75) is 32.6 Å². The summed E-state index contributed by atoms with van der Waals surface area (Å²) in [6, 6.07) is 5.49. The first kappa shape index (κ1) is 15.8. The third-order valence-electron chi connectivity index (χ3n) is 2.81. The quantitative estimate of drug-likeness (QED) is 0.798. The van der Waals surface area contributed by atoms with Gasteiger partial charge in [0.05, 0.1) is 6.61 Å². The summed E-state index contributed by atoms with van der Waals surface area (Å²) in [5, 5.41) is 9.79. The summed E-state index contributed by atoms with van der Waals surface area (Å²) in [5.74, 6) is -0.277. The van der Waals surface area contributed by atoms with Crippen LogP contribution in [0.5, 0.6) is 0 Å². The number of carbonyl (C=O) groups excluding carboxylic acids is 1. The van der Waals surface area contributed by atoms with Crippen LogP contribution in [0.25, 0.3) is 0 Å². The Morgan fingerprint density at radius 3 is 2.42 bits per heavy atom. The van der Waals surface area contributed by atoms with Crippen molar-refractivity contribution in [3.05, 3.63) is 34.9 Å². The van der Waals surface area contributed by atoms with Gasteiger partial charge in [0, 0.05) is 19.2 Å². The van der Waals surface area contributed by atoms with Gasteiger partial charge in [-0.05, 0) is 45.1 Å². The fourth-order valence-corrected chi connectivity index (χ4v) is 1.91. The lowest BCUT2D eigenvalue weighted by molar-refractivity contribution is 0.0487. The maximum Gasteiger partial charge on any atom is 0.193 e. The standard InChI is InChI=1S/C15H23NO3/c1-15(2,18)14(17)11-6-7-12(9-16(3)4)13(8-11)10-19-5/h6-8,18H,9-10H2,1-5H3. The molecular formula is C15H23NO3. The molecule has 0 amide bonds. The van der Waals surface area contributed by atoms with Crippen LogP contribution in [-0.4, -0.2) is 42.6 Å². The second-order valence-corrected chi connectivity index (χ2v) is 5.54. The molecule has 0 radical (unpaired) electrons. The van der Waals surface area contributed by atoms with E-state index in [1.54, 1.807) is 13.2 Å². The van der Waals surface area contributed by atoms with Crippen LogP contribution in [-0.2, 0) is 17.9 Å². The molecule has 0 aromatic heterocycles. The molecule has 106 valence electrons. The molecule has 4 heteroatoms. The normalized spacial score (nSPS) is 11.9. The van der Waals surface area contributed by atoms with Gasteiger partial charge in [0.1, 0.15) is 5.60 Å². The molecule has 1 aromatic rings. The highest BCUT2D eigenvalue weighted by Gasteiger charge is 2.25. The van der Waals surface area contributed by atoms with Gasteiger partial charge in [-0.1, -0.05) is 12.1 Å². The third kappa shape index (κ3) is 4.42. The molecule has 1 N–H and O–H groups in total. The van der Waals surface area contributed by atoms with E-state index in [4.69, 9.17) is 4.74 Å². The maximum atomic E-state index is 12.1. The fraction of sp³-hybridized carbons (Fsp3) is 0.533. The number of nitrogens with zero attached hydrogens (tertiary/aromatic N) is 1. The number of benzene rings is 1. The van der Waals surface area contributed by atoms with Gasteiger partial charge in [-0.25, -0.2) is 0 Å². The van der Waals surface area contributed by atoms with Gasteiger partial charge in [0.15, 0.2) is 5.78 Å². The molecule has 1 aromatic carbocycles. The number of rotatable bonds is 6. The third-order valence-corrected chi connectivity index (χ3v) is 2.81. The molecule has 0 unspecified atom stereocenters. The molecule has 19 heavy (non-hydrogen) atoms. The molecule has 0 bridgehead atoms. The molecule has 0 fully saturated rings. The van der Waals surface area contributed by atoms with E-state index in [9.17, 15) is 9.90 Å². The SMILES string of the molecule is COCc1cc(C(=O)C(C)(C)O)ccc1CN(C)C. The molecule has 0 aliphatic heterocycles. The van der Waals surface area contributed by atoms with Gasteiger partial charge in [-0.15, -0.1) is 0 Å². The summed E-state index contributed by atoms with van der Waals surface area (Å²) < 4.78 is 5.18. The number of aliphatic hydroxyl groups is 1. The first-order valence-corrected chi connectivity index (χ1v) is 6.28. The lowest BCUT2D eigenvalue weighted by Gasteiger charge is -2.18. The summed E-state index contributed by atoms with van der Waals surface area (Å²) in [5.41, 5.74) is 1.26. The van der Waals surface area contributed by atoms with Crippen LogP contribution in [0.2, 0.25) is 0 Å². The molecule has 1 rings (SSSR count). The summed E-state index contributed by atoms with van der Waals surface area (Å²) in [6.45, 7) is 4.24. The summed E-state index contributed by atoms with van der Waals surface area (Å²) in [6.07, 6.45) is 0. The maximum absolute atomic E-state index is 12.1. The van der Waals surface area contributed by atoms with Gasteiger partial charge < -0.3 is 14.7 Å². The number of hydrogen-bond acceptors (Lipinski definition) is 4. The Bertz CT molecular complexity index is 447. The van der Waals surface area contributed by atoms with Crippen molar-refractivity contribution < 1.29 is 14.6 Å². The minimum Gasteiger partial charge on any atom is -0.382 e. The lowest BCUT2D eigenvalue weighted by Crippen LogP contribution is -2.31. The number of hydrogen-bond donors (Lipinski definition) is 1. The van der Waals surface area contributed by atoms with Crippen LogP contribution < -0.4 is 0 Å². The summed E-state index contributed by atoms with van der Waals surface area (Å²) in [7, 11) is 5.61. The minimum absolute atomic E-state index is 0.277. The Kier molecular flexibility index (Phi) is 5.23. The first-order valence-electron chi connectivity index (χ1n) is 6.28. The molecule has 0 saturated carbocycles. The van der Waals surface area contributed by atoms with E-state index >= 15 is 0 Å². The Morgan fingerprint density at radius 2 is 1.95 bits per heavy atom. The number of ketones is 1. The Morgan fingerprint density at radius 1 is 1.32 bits per heavy atom. The van der Waals surface area contributed by atoms with Gasteiger partial charge in [0.2, 0.25) is 0 Å². The predicted octanol–water partition coefficient (Wildman–Crippen LogP) is 1.85. The van der Waals surface area contributed by atoms with Crippen molar-refractivity contribution in [3.8, 4) is 0 Å². The van der Waals surface area contributed by atoms with Crippen LogP contribution >= 0.6 is 0 Å². The van der Waals surface area contributed by atoms with Gasteiger partial charge in [-0.2, -0.15) is 0 Å². The molecule has 0 aliphatic rings. The first-order chi connectivity index (χ1) is 8.75. The summed E-state index contributed by atoms with van der Waals surface area (Å²) in [4.78, 5) is 14.1. The van der Waals surface area contributed by atoms with Crippen LogP contribution in [0.1, 0.15) is 35.3 Å². The van der Waals surface area contributed by atoms with E-state index in [0.29, 0.717) is 12.2 Å². The van der Waals surface area contributed by atoms with Crippen molar-refractivity contribution in [2.75, 3.05) is 21.2 Å². The molecule has 0 spiro atoms. The average Bonchev–Trinajstić information content (AvgIpc) is 2.29. The van der Waals surface area contributed by atoms with E-state index in [1.807, 2.05) is 26.2 Å². The molecule has 4 nitrogen and oxygen atoms in total. The zero-order valence-corrected chi connectivity index (χ0v) is 12.4. The highest BCUT2D eigenvalue weighted by Crippen LogP contribution is 2.19. The van der Waals surface area contributed by atoms with Crippen LogP contribution in [0, 0.1) is 0 Å². The van der Waals surface area contributed by atoms with Crippen molar-refractivity contribution in [1.82, 2.24) is 4.90 Å². The van der Waals surface area contributed by atoms with Crippen molar-refractivity contribution in [3.63, 3.8) is 0 Å². The highest BCUT2D eigenvalue weighted by molar-refractivity contribution is 6.01. The molecule has 0 heterocycles. The van der Waals surface area contributed by atoms with E-state index < -0.39 is 5.60 Å². The van der Waals surface area contributed by atoms with E-state index in [2.05, 4.69) is 4.90 Å². The Hall–Kier alpha value is -1.23. The Labute approximate surface area is 115 Å². The number of ether oxygens (including phenoxy) is 1. The van der Waals surface area contributed by atoms with Crippen molar-refractivity contribution >= 4 is 5.78 Å². The number of Topliss-reactive ketones (excluding diaryl/α,β-unsaturated/α-hetero) is 1. The number of carbonyl (C=O) groups is 1. The molecular weight excluding hydrogens is 242 g/mol. The monoisotopic (exact) mass is 265 g/mol. The topological polar surface area (TPSA) is 49.8 Å². The highest BCUT2D eigenvalue weighted by atomic mass is 16.5. The lowest BCUT2D eigenvalue weighted by atomic mass is 9.94. The van der Waals surface area contributed by atoms with Crippen LogP contribution in [0.4, 0.5) is 0 Å². The average molecular weight is 265 g/mol. The van der Waals surface area contributed by atoms with Gasteiger partial charge in [-0.3, -0.25) is 4.79 Å².